The van der Waals surface area contributed by atoms with E-state index in [0.717, 1.165) is 16.9 Å². The highest BCUT2D eigenvalue weighted by Crippen LogP contribution is 2.19. The normalized spacial score (nSPS) is 17.0. The van der Waals surface area contributed by atoms with Crippen LogP contribution in [0.2, 0.25) is 0 Å². The lowest BCUT2D eigenvalue weighted by Gasteiger charge is -2.19. The van der Waals surface area contributed by atoms with E-state index in [-0.39, 0.29) is 25.0 Å². The monoisotopic (exact) mass is 290 g/mol. The zero-order valence-corrected chi connectivity index (χ0v) is 12.7. The fourth-order valence-corrected chi connectivity index (χ4v) is 2.47. The number of nitrogens with zero attached hydrogens (tertiary/aromatic N) is 2. The van der Waals surface area contributed by atoms with E-state index in [1.807, 2.05) is 24.3 Å². The van der Waals surface area contributed by atoms with Crippen LogP contribution in [0.3, 0.4) is 0 Å². The molecular formula is C16H22N2O3. The molecule has 0 unspecified atom stereocenters. The van der Waals surface area contributed by atoms with Gasteiger partial charge >= 0.3 is 6.03 Å². The van der Waals surface area contributed by atoms with Crippen molar-refractivity contribution in [2.24, 2.45) is 5.92 Å². The SMILES string of the molecule is CC(C)Cc1ccc([C@H](O)CN2C(=O)CN(C)C2=O)cc1. The lowest BCUT2D eigenvalue weighted by Crippen LogP contribution is -2.35. The molecule has 1 aromatic rings. The van der Waals surface area contributed by atoms with Crippen molar-refractivity contribution in [3.05, 3.63) is 35.4 Å². The minimum Gasteiger partial charge on any atom is -0.387 e. The number of likely N-dealkylation sites (N-methyl/N-ethyl adjacent to an activating group) is 1. The van der Waals surface area contributed by atoms with E-state index in [0.29, 0.717) is 5.92 Å². The van der Waals surface area contributed by atoms with Crippen LogP contribution in [0, 0.1) is 5.92 Å². The molecule has 3 amide bonds. The lowest BCUT2D eigenvalue weighted by molar-refractivity contribution is -0.126. The first kappa shape index (κ1) is 15.5. The van der Waals surface area contributed by atoms with Gasteiger partial charge in [0.25, 0.3) is 0 Å². The van der Waals surface area contributed by atoms with Gasteiger partial charge in [-0.25, -0.2) is 4.79 Å². The Bertz CT molecular complexity index is 525. The predicted octanol–water partition coefficient (Wildman–Crippen LogP) is 1.81. The second kappa shape index (κ2) is 6.26. The smallest absolute Gasteiger partial charge is 0.327 e. The largest absolute Gasteiger partial charge is 0.387 e. The Morgan fingerprint density at radius 3 is 2.29 bits per heavy atom. The van der Waals surface area contributed by atoms with Gasteiger partial charge < -0.3 is 10.0 Å². The van der Waals surface area contributed by atoms with Crippen molar-refractivity contribution in [2.75, 3.05) is 20.1 Å². The van der Waals surface area contributed by atoms with E-state index >= 15 is 0 Å². The molecule has 1 aliphatic heterocycles. The Kier molecular flexibility index (Phi) is 4.63. The van der Waals surface area contributed by atoms with Crippen LogP contribution in [0.25, 0.3) is 0 Å². The number of amides is 3. The number of hydrogen-bond acceptors (Lipinski definition) is 3. The second-order valence-corrected chi connectivity index (χ2v) is 6.00. The maximum absolute atomic E-state index is 11.8. The van der Waals surface area contributed by atoms with Gasteiger partial charge in [0, 0.05) is 7.05 Å². The summed E-state index contributed by atoms with van der Waals surface area (Å²) in [4.78, 5) is 25.9. The summed E-state index contributed by atoms with van der Waals surface area (Å²) in [6, 6.07) is 7.33. The Balaban J connectivity index is 2.02. The minimum absolute atomic E-state index is 0.00549. The highest BCUT2D eigenvalue weighted by molar-refractivity contribution is 6.01. The molecule has 1 heterocycles. The topological polar surface area (TPSA) is 60.9 Å². The van der Waals surface area contributed by atoms with E-state index in [9.17, 15) is 14.7 Å². The van der Waals surface area contributed by atoms with Gasteiger partial charge in [0.05, 0.1) is 12.6 Å². The van der Waals surface area contributed by atoms with Crippen LogP contribution in [-0.2, 0) is 11.2 Å². The number of aliphatic hydroxyl groups is 1. The van der Waals surface area contributed by atoms with E-state index < -0.39 is 6.10 Å². The number of aliphatic hydroxyl groups excluding tert-OH is 1. The Morgan fingerprint density at radius 1 is 1.19 bits per heavy atom. The lowest BCUT2D eigenvalue weighted by atomic mass is 10.00. The molecule has 0 saturated carbocycles. The zero-order valence-electron chi connectivity index (χ0n) is 12.7. The zero-order chi connectivity index (χ0) is 15.6. The summed E-state index contributed by atoms with van der Waals surface area (Å²) >= 11 is 0. The first-order valence-corrected chi connectivity index (χ1v) is 7.21. The van der Waals surface area contributed by atoms with Crippen molar-refractivity contribution in [2.45, 2.75) is 26.4 Å². The third-order valence-electron chi connectivity index (χ3n) is 3.59. The molecule has 5 nitrogen and oxygen atoms in total. The van der Waals surface area contributed by atoms with Crippen LogP contribution in [0.4, 0.5) is 4.79 Å². The summed E-state index contributed by atoms with van der Waals surface area (Å²) in [5.41, 5.74) is 1.94. The summed E-state index contributed by atoms with van der Waals surface area (Å²) in [6.07, 6.45) is 0.141. The van der Waals surface area contributed by atoms with Crippen LogP contribution in [-0.4, -0.2) is 47.0 Å². The number of carbonyl (C=O) groups excluding carboxylic acids is 2. The van der Waals surface area contributed by atoms with Gasteiger partial charge in [-0.3, -0.25) is 9.69 Å². The van der Waals surface area contributed by atoms with Crippen molar-refractivity contribution < 1.29 is 14.7 Å². The molecule has 0 radical (unpaired) electrons. The molecule has 114 valence electrons. The predicted molar refractivity (Wildman–Crippen MR) is 79.7 cm³/mol. The number of carbonyl (C=O) groups is 2. The van der Waals surface area contributed by atoms with Crippen molar-refractivity contribution in [3.8, 4) is 0 Å². The number of rotatable bonds is 5. The molecule has 21 heavy (non-hydrogen) atoms. The molecule has 1 saturated heterocycles. The number of β-amino-alcohol motifs (C(OH)–C–C–N with tert-alkyl or cyclic N) is 1. The van der Waals surface area contributed by atoms with E-state index in [1.54, 1.807) is 7.05 Å². The van der Waals surface area contributed by atoms with Gasteiger partial charge in [-0.1, -0.05) is 38.1 Å². The van der Waals surface area contributed by atoms with Crippen molar-refractivity contribution in [3.63, 3.8) is 0 Å². The van der Waals surface area contributed by atoms with Gasteiger partial charge in [-0.2, -0.15) is 0 Å². The fourth-order valence-electron chi connectivity index (χ4n) is 2.47. The average molecular weight is 290 g/mol. The van der Waals surface area contributed by atoms with Gasteiger partial charge in [0.2, 0.25) is 5.91 Å². The van der Waals surface area contributed by atoms with Crippen LogP contribution in [0.15, 0.2) is 24.3 Å². The van der Waals surface area contributed by atoms with Crippen LogP contribution in [0.5, 0.6) is 0 Å². The number of benzene rings is 1. The van der Waals surface area contributed by atoms with Gasteiger partial charge in [-0.05, 0) is 23.5 Å². The Hall–Kier alpha value is -1.88. The molecule has 0 bridgehead atoms. The van der Waals surface area contributed by atoms with Crippen LogP contribution in [0.1, 0.15) is 31.1 Å². The molecule has 2 rings (SSSR count). The van der Waals surface area contributed by atoms with E-state index in [4.69, 9.17) is 0 Å². The molecule has 1 atom stereocenters. The third kappa shape index (κ3) is 3.61. The van der Waals surface area contributed by atoms with Crippen molar-refractivity contribution in [1.82, 2.24) is 9.80 Å². The van der Waals surface area contributed by atoms with E-state index in [1.165, 1.54) is 10.5 Å². The number of imide groups is 1. The molecule has 1 fully saturated rings. The van der Waals surface area contributed by atoms with Gasteiger partial charge in [-0.15, -0.1) is 0 Å². The van der Waals surface area contributed by atoms with E-state index in [2.05, 4.69) is 13.8 Å². The van der Waals surface area contributed by atoms with Crippen molar-refractivity contribution in [1.29, 1.82) is 0 Å². The second-order valence-electron chi connectivity index (χ2n) is 6.00. The summed E-state index contributed by atoms with van der Waals surface area (Å²) in [5, 5.41) is 10.2. The maximum Gasteiger partial charge on any atom is 0.327 e. The number of urea groups is 1. The molecule has 0 aromatic heterocycles. The molecule has 0 aliphatic carbocycles. The maximum atomic E-state index is 11.8. The standard InChI is InChI=1S/C16H22N2O3/c1-11(2)8-12-4-6-13(7-5-12)14(19)9-18-15(20)10-17(3)16(18)21/h4-7,11,14,19H,8-10H2,1-3H3/t14-/m1/s1. The number of hydrogen-bond donors (Lipinski definition) is 1. The third-order valence-corrected chi connectivity index (χ3v) is 3.59. The first-order chi connectivity index (χ1) is 9.88. The quantitative estimate of drug-likeness (QED) is 0.841. The molecule has 1 N–H and O–H groups in total. The molecular weight excluding hydrogens is 268 g/mol. The summed E-state index contributed by atoms with van der Waals surface area (Å²) < 4.78 is 0. The average Bonchev–Trinajstić information content (AvgIpc) is 2.65. The molecule has 1 aliphatic rings. The Morgan fingerprint density at radius 2 is 1.81 bits per heavy atom. The molecule has 1 aromatic carbocycles. The molecule has 5 heteroatoms. The Labute approximate surface area is 125 Å². The van der Waals surface area contributed by atoms with Gasteiger partial charge in [0.15, 0.2) is 0 Å². The van der Waals surface area contributed by atoms with Crippen LogP contribution >= 0.6 is 0 Å². The van der Waals surface area contributed by atoms with Gasteiger partial charge in [0.1, 0.15) is 6.54 Å². The summed E-state index contributed by atoms with van der Waals surface area (Å²) in [7, 11) is 1.58. The van der Waals surface area contributed by atoms with Crippen LogP contribution < -0.4 is 0 Å². The van der Waals surface area contributed by atoms with Crippen molar-refractivity contribution >= 4 is 11.9 Å². The summed E-state index contributed by atoms with van der Waals surface area (Å²) in [5.74, 6) is 0.314. The minimum atomic E-state index is -0.850. The molecule has 0 spiro atoms. The first-order valence-electron chi connectivity index (χ1n) is 7.21. The highest BCUT2D eigenvalue weighted by Gasteiger charge is 2.34. The fraction of sp³-hybridized carbons (Fsp3) is 0.500. The summed E-state index contributed by atoms with van der Waals surface area (Å²) in [6.45, 7) is 4.40. The highest BCUT2D eigenvalue weighted by atomic mass is 16.3.